The number of nitrogens with one attached hydrogen (secondary N) is 1. The van der Waals surface area contributed by atoms with Gasteiger partial charge in [-0.2, -0.15) is 0 Å². The summed E-state index contributed by atoms with van der Waals surface area (Å²) in [6.07, 6.45) is 1.83. The molecular formula is C29H32N2O4. The second-order valence-electron chi connectivity index (χ2n) is 10.1. The van der Waals surface area contributed by atoms with E-state index in [-0.39, 0.29) is 41.1 Å². The minimum absolute atomic E-state index is 0.0702. The first-order valence-electron chi connectivity index (χ1n) is 12.3. The number of nitrogens with zero attached hydrogens (tertiary/aromatic N) is 1. The van der Waals surface area contributed by atoms with Crippen molar-refractivity contribution in [2.45, 2.75) is 43.7 Å². The number of rotatable bonds is 4. The Bertz CT molecular complexity index is 1260. The van der Waals surface area contributed by atoms with Gasteiger partial charge in [0, 0.05) is 42.8 Å². The first-order chi connectivity index (χ1) is 16.8. The van der Waals surface area contributed by atoms with E-state index in [0.717, 1.165) is 42.3 Å². The summed E-state index contributed by atoms with van der Waals surface area (Å²) in [5.41, 5.74) is 1.34. The zero-order chi connectivity index (χ0) is 24.6. The number of piperidine rings is 1. The summed E-state index contributed by atoms with van der Waals surface area (Å²) in [6.45, 7) is 3.13. The molecule has 182 valence electrons. The Balaban J connectivity index is 1.48. The molecule has 1 amide bonds. The van der Waals surface area contributed by atoms with Crippen molar-refractivity contribution >= 4 is 22.6 Å². The van der Waals surface area contributed by atoms with E-state index in [1.54, 1.807) is 6.07 Å². The van der Waals surface area contributed by atoms with Gasteiger partial charge in [0.05, 0.1) is 0 Å². The maximum absolute atomic E-state index is 13.3. The van der Waals surface area contributed by atoms with Crippen molar-refractivity contribution in [1.82, 2.24) is 10.2 Å². The molecule has 3 aromatic rings. The molecule has 1 unspecified atom stereocenters. The van der Waals surface area contributed by atoms with Gasteiger partial charge in [-0.3, -0.25) is 9.59 Å². The quantitative estimate of drug-likeness (QED) is 0.555. The molecule has 6 nitrogen and oxygen atoms in total. The molecular weight excluding hydrogens is 440 g/mol. The molecule has 0 radical (unpaired) electrons. The Labute approximate surface area is 205 Å². The average Bonchev–Trinajstić information content (AvgIpc) is 2.84. The Morgan fingerprint density at radius 2 is 1.86 bits per heavy atom. The molecule has 35 heavy (non-hydrogen) atoms. The lowest BCUT2D eigenvalue weighted by molar-refractivity contribution is -0.156. The highest BCUT2D eigenvalue weighted by atomic mass is 16.5. The zero-order valence-electron chi connectivity index (χ0n) is 20.2. The fraction of sp³-hybridized carbons (Fsp3) is 0.379. The highest BCUT2D eigenvalue weighted by molar-refractivity contribution is 5.98. The molecule has 0 aromatic heterocycles. The third kappa shape index (κ3) is 4.63. The molecule has 1 aliphatic heterocycles. The maximum Gasteiger partial charge on any atom is 0.302 e. The van der Waals surface area contributed by atoms with Crippen LogP contribution in [-0.4, -0.2) is 54.2 Å². The summed E-state index contributed by atoms with van der Waals surface area (Å²) in [6, 6.07) is 21.0. The number of ether oxygens (including phenoxy) is 1. The molecule has 1 saturated carbocycles. The van der Waals surface area contributed by atoms with Crippen LogP contribution < -0.4 is 5.32 Å². The van der Waals surface area contributed by atoms with Gasteiger partial charge in [0.15, 0.2) is 0 Å². The van der Waals surface area contributed by atoms with Crippen molar-refractivity contribution in [2.24, 2.45) is 5.92 Å². The predicted octanol–water partition coefficient (Wildman–Crippen LogP) is 4.26. The number of carbonyl (C=O) groups is 2. The van der Waals surface area contributed by atoms with E-state index in [4.69, 9.17) is 4.74 Å². The lowest BCUT2D eigenvalue weighted by atomic mass is 9.57. The molecule has 6 heteroatoms. The van der Waals surface area contributed by atoms with Crippen LogP contribution >= 0.6 is 0 Å². The smallest absolute Gasteiger partial charge is 0.302 e. The standard InChI is InChI=1S/C29H32N2O4/c1-19(32)35-27-16-24(30-28(34)22-11-10-20-6-3-4-7-21(20)14-22)17-29(12-13-31(2)18-26(27)29)23-8-5-9-25(33)15-23/h3-11,14-15,24,26-27,33H,12-13,16-18H2,1-2H3,(H,30,34)/t24-,26-,27?,29-/m0/s1. The van der Waals surface area contributed by atoms with E-state index >= 15 is 0 Å². The molecule has 5 rings (SSSR count). The molecule has 3 aromatic carbocycles. The van der Waals surface area contributed by atoms with E-state index in [1.165, 1.54) is 6.92 Å². The van der Waals surface area contributed by atoms with Crippen molar-refractivity contribution in [2.75, 3.05) is 20.1 Å². The summed E-state index contributed by atoms with van der Waals surface area (Å²) < 4.78 is 5.88. The number of aromatic hydroxyl groups is 1. The largest absolute Gasteiger partial charge is 0.508 e. The molecule has 2 fully saturated rings. The second kappa shape index (κ2) is 9.34. The SMILES string of the molecule is CC(=O)OC1C[C@H](NC(=O)c2ccc3ccccc3c2)C[C@]2(c3cccc(O)c3)CCN(C)C[C@@H]12. The van der Waals surface area contributed by atoms with Crippen LogP contribution in [0.1, 0.15) is 42.1 Å². The Morgan fingerprint density at radius 3 is 2.63 bits per heavy atom. The lowest BCUT2D eigenvalue weighted by Crippen LogP contribution is -2.61. The highest BCUT2D eigenvalue weighted by Crippen LogP contribution is 2.50. The predicted molar refractivity (Wildman–Crippen MR) is 135 cm³/mol. The van der Waals surface area contributed by atoms with Gasteiger partial charge in [-0.05, 0) is 67.0 Å². The zero-order valence-corrected chi connectivity index (χ0v) is 20.2. The third-order valence-corrected chi connectivity index (χ3v) is 7.82. The first kappa shape index (κ1) is 23.4. The van der Waals surface area contributed by atoms with Gasteiger partial charge >= 0.3 is 5.97 Å². The van der Waals surface area contributed by atoms with E-state index in [0.29, 0.717) is 12.0 Å². The molecule has 2 aliphatic rings. The van der Waals surface area contributed by atoms with E-state index in [2.05, 4.69) is 23.3 Å². The van der Waals surface area contributed by atoms with Gasteiger partial charge in [-0.15, -0.1) is 0 Å². The molecule has 0 spiro atoms. The molecule has 1 heterocycles. The lowest BCUT2D eigenvalue weighted by Gasteiger charge is -2.55. The van der Waals surface area contributed by atoms with E-state index in [9.17, 15) is 14.7 Å². The van der Waals surface area contributed by atoms with Crippen molar-refractivity contribution < 1.29 is 19.4 Å². The summed E-state index contributed by atoms with van der Waals surface area (Å²) in [7, 11) is 2.09. The number of fused-ring (bicyclic) bond motifs is 2. The van der Waals surface area contributed by atoms with Crippen LogP contribution in [0.5, 0.6) is 5.75 Å². The number of likely N-dealkylation sites (tertiary alicyclic amines) is 1. The van der Waals surface area contributed by atoms with Crippen LogP contribution in [0.15, 0.2) is 66.7 Å². The second-order valence-corrected chi connectivity index (χ2v) is 10.1. The molecule has 1 saturated heterocycles. The summed E-state index contributed by atoms with van der Waals surface area (Å²) in [4.78, 5) is 27.7. The maximum atomic E-state index is 13.3. The number of phenols is 1. The number of esters is 1. The van der Waals surface area contributed by atoms with E-state index < -0.39 is 0 Å². The summed E-state index contributed by atoms with van der Waals surface area (Å²) in [5, 5.41) is 15.6. The van der Waals surface area contributed by atoms with Crippen LogP contribution in [0, 0.1) is 5.92 Å². The van der Waals surface area contributed by atoms with Crippen LogP contribution in [0.3, 0.4) is 0 Å². The minimum Gasteiger partial charge on any atom is -0.508 e. The van der Waals surface area contributed by atoms with Gasteiger partial charge in [0.1, 0.15) is 11.9 Å². The average molecular weight is 473 g/mol. The molecule has 1 aliphatic carbocycles. The Morgan fingerprint density at radius 1 is 1.06 bits per heavy atom. The van der Waals surface area contributed by atoms with Gasteiger partial charge in [0.25, 0.3) is 5.91 Å². The van der Waals surface area contributed by atoms with Crippen LogP contribution in [-0.2, 0) is 14.9 Å². The summed E-state index contributed by atoms with van der Waals surface area (Å²) in [5.74, 6) is -0.143. The third-order valence-electron chi connectivity index (χ3n) is 7.82. The monoisotopic (exact) mass is 472 g/mol. The number of hydrogen-bond acceptors (Lipinski definition) is 5. The highest BCUT2D eigenvalue weighted by Gasteiger charge is 2.53. The first-order valence-corrected chi connectivity index (χ1v) is 12.3. The molecule has 0 bridgehead atoms. The van der Waals surface area contributed by atoms with Gasteiger partial charge in [-0.25, -0.2) is 0 Å². The number of benzene rings is 3. The number of hydrogen-bond donors (Lipinski definition) is 2. The minimum atomic E-state index is -0.326. The van der Waals surface area contributed by atoms with Crippen molar-refractivity contribution in [3.8, 4) is 5.75 Å². The Hall–Kier alpha value is -3.38. The van der Waals surface area contributed by atoms with Crippen molar-refractivity contribution in [3.63, 3.8) is 0 Å². The van der Waals surface area contributed by atoms with E-state index in [1.807, 2.05) is 54.6 Å². The van der Waals surface area contributed by atoms with Crippen LogP contribution in [0.25, 0.3) is 10.8 Å². The van der Waals surface area contributed by atoms with Crippen LogP contribution in [0.2, 0.25) is 0 Å². The topological polar surface area (TPSA) is 78.9 Å². The summed E-state index contributed by atoms with van der Waals surface area (Å²) >= 11 is 0. The van der Waals surface area contributed by atoms with Crippen molar-refractivity contribution in [1.29, 1.82) is 0 Å². The number of amides is 1. The fourth-order valence-corrected chi connectivity index (χ4v) is 6.22. The molecule has 2 N–H and O–H groups in total. The number of phenolic OH excluding ortho intramolecular Hbond substituents is 1. The normalized spacial score (nSPS) is 26.6. The van der Waals surface area contributed by atoms with Gasteiger partial charge < -0.3 is 20.1 Å². The van der Waals surface area contributed by atoms with Gasteiger partial charge in [0.2, 0.25) is 0 Å². The Kier molecular flexibility index (Phi) is 6.24. The molecule has 4 atom stereocenters. The van der Waals surface area contributed by atoms with Crippen LogP contribution in [0.4, 0.5) is 0 Å². The fourth-order valence-electron chi connectivity index (χ4n) is 6.22. The van der Waals surface area contributed by atoms with Gasteiger partial charge in [-0.1, -0.05) is 42.5 Å². The van der Waals surface area contributed by atoms with Crippen molar-refractivity contribution in [3.05, 3.63) is 77.9 Å². The number of carbonyl (C=O) groups excluding carboxylic acids is 2.